The number of nitrogens with zero attached hydrogens (tertiary/aromatic N) is 2. The average Bonchev–Trinajstić information content (AvgIpc) is 3.19. The number of piperidine rings is 1. The van der Waals surface area contributed by atoms with Crippen LogP contribution in [-0.2, 0) is 15.8 Å². The molecule has 0 bridgehead atoms. The Labute approximate surface area is 186 Å². The Morgan fingerprint density at radius 2 is 1.87 bits per heavy atom. The van der Waals surface area contributed by atoms with Gasteiger partial charge < -0.3 is 10.3 Å². The molecule has 1 aliphatic heterocycles. The van der Waals surface area contributed by atoms with Crippen molar-refractivity contribution in [3.63, 3.8) is 0 Å². The maximum atomic E-state index is 12.5. The highest BCUT2D eigenvalue weighted by molar-refractivity contribution is 7.98. The van der Waals surface area contributed by atoms with E-state index in [9.17, 15) is 13.2 Å². The van der Waals surface area contributed by atoms with Gasteiger partial charge in [0.1, 0.15) is 0 Å². The third-order valence-corrected chi connectivity index (χ3v) is 7.80. The summed E-state index contributed by atoms with van der Waals surface area (Å²) in [6.45, 7) is 1.62. The van der Waals surface area contributed by atoms with Gasteiger partial charge in [-0.15, -0.1) is 0 Å². The topological polar surface area (TPSA) is 95.2 Å². The minimum atomic E-state index is -3.12. The first kappa shape index (κ1) is 21.9. The third-order valence-electron chi connectivity index (χ3n) is 5.55. The van der Waals surface area contributed by atoms with Crippen molar-refractivity contribution in [2.24, 2.45) is 5.92 Å². The molecule has 9 heteroatoms. The Hall–Kier alpha value is -2.36. The number of thioether (sulfide) groups is 1. The van der Waals surface area contributed by atoms with E-state index in [-0.39, 0.29) is 5.91 Å². The number of H-pyrrole nitrogens is 1. The fourth-order valence-corrected chi connectivity index (χ4v) is 5.40. The molecule has 2 aromatic carbocycles. The number of hydrogen-bond donors (Lipinski definition) is 2. The molecule has 0 radical (unpaired) electrons. The van der Waals surface area contributed by atoms with Gasteiger partial charge in [0.15, 0.2) is 5.16 Å². The van der Waals surface area contributed by atoms with E-state index in [1.165, 1.54) is 10.6 Å². The summed E-state index contributed by atoms with van der Waals surface area (Å²) in [5.74, 6) is 0.976. The fourth-order valence-electron chi connectivity index (χ4n) is 3.69. The smallest absolute Gasteiger partial charge is 0.251 e. The summed E-state index contributed by atoms with van der Waals surface area (Å²) in [5.41, 5.74) is 3.74. The van der Waals surface area contributed by atoms with Gasteiger partial charge in [0.05, 0.1) is 17.3 Å². The molecule has 0 atom stereocenters. The molecule has 3 aromatic rings. The number of rotatable bonds is 7. The maximum absolute atomic E-state index is 12.5. The van der Waals surface area contributed by atoms with Crippen LogP contribution < -0.4 is 5.32 Å². The number of para-hydroxylation sites is 2. The molecule has 1 saturated heterocycles. The molecule has 7 nitrogen and oxygen atoms in total. The van der Waals surface area contributed by atoms with Crippen molar-refractivity contribution in [1.29, 1.82) is 0 Å². The second-order valence-corrected chi connectivity index (χ2v) is 10.8. The largest absolute Gasteiger partial charge is 0.352 e. The third kappa shape index (κ3) is 5.66. The Balaban J connectivity index is 1.24. The molecule has 0 spiro atoms. The number of carbonyl (C=O) groups excluding carboxylic acids is 1. The standard InChI is InChI=1S/C22H26N4O3S2/c1-31(28,29)26-12-10-16(11-13-26)14-23-21(27)18-8-6-17(7-9-18)15-30-22-24-19-4-2-3-5-20(19)25-22/h2-9,16H,10-15H2,1H3,(H,23,27)(H,24,25). The lowest BCUT2D eigenvalue weighted by Crippen LogP contribution is -2.41. The van der Waals surface area contributed by atoms with Crippen LogP contribution in [0, 0.1) is 5.92 Å². The van der Waals surface area contributed by atoms with Gasteiger partial charge in [-0.3, -0.25) is 4.79 Å². The van der Waals surface area contributed by atoms with E-state index in [0.717, 1.165) is 40.3 Å². The molecule has 2 heterocycles. The van der Waals surface area contributed by atoms with Gasteiger partial charge in [-0.25, -0.2) is 17.7 Å². The van der Waals surface area contributed by atoms with Crippen molar-refractivity contribution >= 4 is 38.7 Å². The molecule has 0 unspecified atom stereocenters. The summed E-state index contributed by atoms with van der Waals surface area (Å²) in [5, 5.41) is 3.87. The second kappa shape index (κ2) is 9.42. The van der Waals surface area contributed by atoms with Crippen molar-refractivity contribution in [2.45, 2.75) is 23.8 Å². The number of hydrogen-bond acceptors (Lipinski definition) is 5. The number of carbonyl (C=O) groups is 1. The number of fused-ring (bicyclic) bond motifs is 1. The minimum Gasteiger partial charge on any atom is -0.352 e. The number of benzene rings is 2. The zero-order valence-electron chi connectivity index (χ0n) is 17.4. The van der Waals surface area contributed by atoms with Crippen LogP contribution in [0.25, 0.3) is 11.0 Å². The van der Waals surface area contributed by atoms with Gasteiger partial charge in [-0.2, -0.15) is 0 Å². The summed E-state index contributed by atoms with van der Waals surface area (Å²) >= 11 is 1.63. The van der Waals surface area contributed by atoms with Crippen LogP contribution in [0.4, 0.5) is 0 Å². The number of imidazole rings is 1. The SMILES string of the molecule is CS(=O)(=O)N1CCC(CNC(=O)c2ccc(CSc3nc4ccccc4[nH]3)cc2)CC1. The van der Waals surface area contributed by atoms with Crippen molar-refractivity contribution < 1.29 is 13.2 Å². The molecule has 1 aromatic heterocycles. The lowest BCUT2D eigenvalue weighted by molar-refractivity contribution is 0.0941. The first-order valence-electron chi connectivity index (χ1n) is 10.3. The number of sulfonamides is 1. The summed E-state index contributed by atoms with van der Waals surface area (Å²) < 4.78 is 24.7. The van der Waals surface area contributed by atoms with Gasteiger partial charge in [-0.1, -0.05) is 36.0 Å². The highest BCUT2D eigenvalue weighted by Gasteiger charge is 2.25. The van der Waals surface area contributed by atoms with Gasteiger partial charge in [0.25, 0.3) is 5.91 Å². The normalized spacial score (nSPS) is 15.9. The van der Waals surface area contributed by atoms with E-state index >= 15 is 0 Å². The van der Waals surface area contributed by atoms with E-state index in [2.05, 4.69) is 15.3 Å². The van der Waals surface area contributed by atoms with Crippen molar-refractivity contribution in [3.8, 4) is 0 Å². The predicted molar refractivity (Wildman–Crippen MR) is 124 cm³/mol. The first-order chi connectivity index (χ1) is 14.9. The number of amides is 1. The van der Waals surface area contributed by atoms with Gasteiger partial charge >= 0.3 is 0 Å². The summed E-state index contributed by atoms with van der Waals surface area (Å²) in [6, 6.07) is 15.6. The zero-order valence-corrected chi connectivity index (χ0v) is 19.0. The molecule has 0 saturated carbocycles. The van der Waals surface area contributed by atoms with E-state index in [4.69, 9.17) is 0 Å². The summed E-state index contributed by atoms with van der Waals surface area (Å²) in [7, 11) is -3.12. The van der Waals surface area contributed by atoms with Crippen LogP contribution in [0.1, 0.15) is 28.8 Å². The first-order valence-corrected chi connectivity index (χ1v) is 13.1. The lowest BCUT2D eigenvalue weighted by Gasteiger charge is -2.30. The van der Waals surface area contributed by atoms with Crippen LogP contribution in [0.15, 0.2) is 53.7 Å². The van der Waals surface area contributed by atoms with E-state index in [1.54, 1.807) is 11.8 Å². The van der Waals surface area contributed by atoms with Crippen molar-refractivity contribution in [3.05, 3.63) is 59.7 Å². The van der Waals surface area contributed by atoms with Crippen LogP contribution in [0.2, 0.25) is 0 Å². The minimum absolute atomic E-state index is 0.0953. The molecule has 1 fully saturated rings. The Morgan fingerprint density at radius 1 is 1.16 bits per heavy atom. The fraction of sp³-hybridized carbons (Fsp3) is 0.364. The quantitative estimate of drug-likeness (QED) is 0.530. The van der Waals surface area contributed by atoms with Crippen LogP contribution >= 0.6 is 11.8 Å². The molecular weight excluding hydrogens is 432 g/mol. The lowest BCUT2D eigenvalue weighted by atomic mass is 9.98. The van der Waals surface area contributed by atoms with Gasteiger partial charge in [-0.05, 0) is 48.6 Å². The average molecular weight is 459 g/mol. The molecule has 164 valence electrons. The van der Waals surface area contributed by atoms with E-state index in [0.29, 0.717) is 31.1 Å². The highest BCUT2D eigenvalue weighted by atomic mass is 32.2. The zero-order chi connectivity index (χ0) is 21.8. The second-order valence-electron chi connectivity index (χ2n) is 7.86. The number of aromatic nitrogens is 2. The molecule has 31 heavy (non-hydrogen) atoms. The monoisotopic (exact) mass is 458 g/mol. The number of aromatic amines is 1. The molecule has 4 rings (SSSR count). The Morgan fingerprint density at radius 3 is 2.55 bits per heavy atom. The maximum Gasteiger partial charge on any atom is 0.251 e. The number of nitrogens with one attached hydrogen (secondary N) is 2. The molecule has 1 amide bonds. The highest BCUT2D eigenvalue weighted by Crippen LogP contribution is 2.23. The molecule has 0 aliphatic carbocycles. The Kier molecular flexibility index (Phi) is 6.64. The van der Waals surface area contributed by atoms with Crippen molar-refractivity contribution in [2.75, 3.05) is 25.9 Å². The van der Waals surface area contributed by atoms with Crippen LogP contribution in [0.5, 0.6) is 0 Å². The van der Waals surface area contributed by atoms with Crippen LogP contribution in [-0.4, -0.2) is 54.5 Å². The summed E-state index contributed by atoms with van der Waals surface area (Å²) in [4.78, 5) is 20.3. The van der Waals surface area contributed by atoms with Gasteiger partial charge in [0.2, 0.25) is 10.0 Å². The molecule has 1 aliphatic rings. The van der Waals surface area contributed by atoms with E-state index < -0.39 is 10.0 Å². The summed E-state index contributed by atoms with van der Waals surface area (Å²) in [6.07, 6.45) is 2.78. The van der Waals surface area contributed by atoms with E-state index in [1.807, 2.05) is 48.5 Å². The van der Waals surface area contributed by atoms with Crippen molar-refractivity contribution in [1.82, 2.24) is 19.6 Å². The van der Waals surface area contributed by atoms with Gasteiger partial charge in [0, 0.05) is 31.0 Å². The predicted octanol–water partition coefficient (Wildman–Crippen LogP) is 3.26. The molecular formula is C22H26N4O3S2. The Bertz CT molecular complexity index is 1120. The molecule has 2 N–H and O–H groups in total. The van der Waals surface area contributed by atoms with Crippen LogP contribution in [0.3, 0.4) is 0 Å².